The zero-order valence-corrected chi connectivity index (χ0v) is 13.7. The number of ether oxygens (including phenoxy) is 1. The molecule has 0 spiro atoms. The van der Waals surface area contributed by atoms with E-state index >= 15 is 0 Å². The Labute approximate surface area is 131 Å². The number of hydrogen-bond donors (Lipinski definition) is 0. The van der Waals surface area contributed by atoms with Gasteiger partial charge in [0.1, 0.15) is 5.75 Å². The number of ketones is 1. The molecule has 0 amide bonds. The molecule has 0 saturated heterocycles. The third-order valence-electron chi connectivity index (χ3n) is 4.91. The van der Waals surface area contributed by atoms with Gasteiger partial charge in [-0.05, 0) is 86.2 Å². The molecule has 112 valence electrons. The van der Waals surface area contributed by atoms with Crippen LogP contribution in [0.1, 0.15) is 43.7 Å². The zero-order valence-electron chi connectivity index (χ0n) is 13.7. The number of rotatable bonds is 1. The number of benzene rings is 2. The predicted molar refractivity (Wildman–Crippen MR) is 89.5 cm³/mol. The Bertz CT molecular complexity index is 797. The van der Waals surface area contributed by atoms with Crippen LogP contribution in [0.4, 0.5) is 0 Å². The van der Waals surface area contributed by atoms with Crippen LogP contribution in [0, 0.1) is 34.6 Å². The second-order valence-electron chi connectivity index (χ2n) is 5.97. The highest BCUT2D eigenvalue weighted by molar-refractivity contribution is 6.14. The third-order valence-corrected chi connectivity index (χ3v) is 4.91. The van der Waals surface area contributed by atoms with Crippen LogP contribution < -0.4 is 4.74 Å². The molecule has 0 atom stereocenters. The highest BCUT2D eigenvalue weighted by Gasteiger charge is 2.27. The van der Waals surface area contributed by atoms with E-state index in [-0.39, 0.29) is 5.78 Å². The molecule has 0 N–H and O–H groups in total. The quantitative estimate of drug-likeness (QED) is 0.703. The summed E-state index contributed by atoms with van der Waals surface area (Å²) >= 11 is 0. The molecular weight excluding hydrogens is 272 g/mol. The van der Waals surface area contributed by atoms with Gasteiger partial charge in [-0.25, -0.2) is 0 Å². The average Bonchev–Trinajstić information content (AvgIpc) is 2.84. The highest BCUT2D eigenvalue weighted by Crippen LogP contribution is 2.33. The highest BCUT2D eigenvalue weighted by atomic mass is 16.5. The molecule has 1 heterocycles. The molecule has 2 aromatic carbocycles. The van der Waals surface area contributed by atoms with E-state index in [4.69, 9.17) is 4.74 Å². The van der Waals surface area contributed by atoms with Gasteiger partial charge < -0.3 is 4.74 Å². The first kappa shape index (κ1) is 14.6. The van der Waals surface area contributed by atoms with Gasteiger partial charge in [0.2, 0.25) is 5.78 Å². The minimum atomic E-state index is -0.0368. The molecule has 0 aliphatic carbocycles. The van der Waals surface area contributed by atoms with E-state index in [1.54, 1.807) is 0 Å². The topological polar surface area (TPSA) is 26.3 Å². The van der Waals surface area contributed by atoms with Crippen LogP contribution in [0.2, 0.25) is 0 Å². The van der Waals surface area contributed by atoms with Gasteiger partial charge in [-0.3, -0.25) is 4.79 Å². The Kier molecular flexibility index (Phi) is 3.40. The smallest absolute Gasteiger partial charge is 0.231 e. The standard InChI is InChI=1S/C20H20O2/c1-11-12(2)14(4)17(15(5)13(11)3)10-19-20(21)16-8-6-7-9-18(16)22-19/h6-10H,1-5H3. The van der Waals surface area contributed by atoms with Gasteiger partial charge in [-0.1, -0.05) is 12.1 Å². The fourth-order valence-corrected chi connectivity index (χ4v) is 3.01. The summed E-state index contributed by atoms with van der Waals surface area (Å²) in [5, 5.41) is 0. The molecule has 0 saturated carbocycles. The van der Waals surface area contributed by atoms with Crippen molar-refractivity contribution >= 4 is 11.9 Å². The van der Waals surface area contributed by atoms with Gasteiger partial charge in [0, 0.05) is 0 Å². The van der Waals surface area contributed by atoms with Gasteiger partial charge in [-0.2, -0.15) is 0 Å². The molecule has 2 heteroatoms. The van der Waals surface area contributed by atoms with Gasteiger partial charge in [-0.15, -0.1) is 0 Å². The molecular formula is C20H20O2. The third kappa shape index (κ3) is 2.07. The Morgan fingerprint density at radius 1 is 0.818 bits per heavy atom. The minimum Gasteiger partial charge on any atom is -0.452 e. The number of fused-ring (bicyclic) bond motifs is 1. The van der Waals surface area contributed by atoms with Crippen molar-refractivity contribution in [3.05, 3.63) is 69.0 Å². The minimum absolute atomic E-state index is 0.0368. The Morgan fingerprint density at radius 2 is 1.36 bits per heavy atom. The van der Waals surface area contributed by atoms with Crippen LogP contribution in [0.25, 0.3) is 6.08 Å². The van der Waals surface area contributed by atoms with Crippen molar-refractivity contribution in [3.63, 3.8) is 0 Å². The molecule has 1 aliphatic rings. The van der Waals surface area contributed by atoms with E-state index in [9.17, 15) is 4.79 Å². The van der Waals surface area contributed by atoms with Crippen LogP contribution in [0.3, 0.4) is 0 Å². The second-order valence-corrected chi connectivity index (χ2v) is 5.97. The monoisotopic (exact) mass is 292 g/mol. The largest absolute Gasteiger partial charge is 0.452 e. The van der Waals surface area contributed by atoms with Crippen molar-refractivity contribution in [3.8, 4) is 5.75 Å². The van der Waals surface area contributed by atoms with Crippen LogP contribution in [-0.4, -0.2) is 5.78 Å². The van der Waals surface area contributed by atoms with E-state index in [1.807, 2.05) is 30.3 Å². The van der Waals surface area contributed by atoms with Gasteiger partial charge in [0.15, 0.2) is 5.76 Å². The van der Waals surface area contributed by atoms with Crippen molar-refractivity contribution in [2.45, 2.75) is 34.6 Å². The SMILES string of the molecule is Cc1c(C)c(C)c(C=C2Oc3ccccc3C2=O)c(C)c1C. The summed E-state index contributed by atoms with van der Waals surface area (Å²) in [5.41, 5.74) is 8.03. The molecule has 0 aromatic heterocycles. The number of allylic oxidation sites excluding steroid dienone is 1. The van der Waals surface area contributed by atoms with Crippen LogP contribution in [-0.2, 0) is 0 Å². The average molecular weight is 292 g/mol. The molecule has 0 fully saturated rings. The van der Waals surface area contributed by atoms with Crippen LogP contribution in [0.15, 0.2) is 30.0 Å². The van der Waals surface area contributed by atoms with E-state index in [2.05, 4.69) is 34.6 Å². The van der Waals surface area contributed by atoms with Gasteiger partial charge in [0.05, 0.1) is 5.56 Å². The molecule has 2 aromatic rings. The van der Waals surface area contributed by atoms with Gasteiger partial charge >= 0.3 is 0 Å². The summed E-state index contributed by atoms with van der Waals surface area (Å²) in [7, 11) is 0. The molecule has 22 heavy (non-hydrogen) atoms. The van der Waals surface area contributed by atoms with Crippen LogP contribution in [0.5, 0.6) is 5.75 Å². The lowest BCUT2D eigenvalue weighted by molar-refractivity contribution is 0.101. The summed E-state index contributed by atoms with van der Waals surface area (Å²) in [6, 6.07) is 7.38. The maximum atomic E-state index is 12.5. The van der Waals surface area contributed by atoms with Crippen molar-refractivity contribution in [1.29, 1.82) is 0 Å². The first-order valence-electron chi connectivity index (χ1n) is 7.52. The maximum Gasteiger partial charge on any atom is 0.231 e. The Balaban J connectivity index is 2.14. The Morgan fingerprint density at radius 3 is 1.95 bits per heavy atom. The fraction of sp³-hybridized carbons (Fsp3) is 0.250. The van der Waals surface area contributed by atoms with E-state index in [1.165, 1.54) is 27.8 Å². The molecule has 0 bridgehead atoms. The number of para-hydroxylation sites is 1. The number of hydrogen-bond acceptors (Lipinski definition) is 2. The lowest BCUT2D eigenvalue weighted by atomic mass is 9.89. The first-order valence-corrected chi connectivity index (χ1v) is 7.52. The van der Waals surface area contributed by atoms with Crippen molar-refractivity contribution in [2.75, 3.05) is 0 Å². The van der Waals surface area contributed by atoms with E-state index < -0.39 is 0 Å². The molecule has 0 radical (unpaired) electrons. The van der Waals surface area contributed by atoms with E-state index in [0.717, 1.165) is 5.56 Å². The number of carbonyl (C=O) groups is 1. The van der Waals surface area contributed by atoms with E-state index in [0.29, 0.717) is 17.1 Å². The number of carbonyl (C=O) groups excluding carboxylic acids is 1. The van der Waals surface area contributed by atoms with Crippen molar-refractivity contribution in [1.82, 2.24) is 0 Å². The molecule has 3 rings (SSSR count). The molecule has 2 nitrogen and oxygen atoms in total. The normalized spacial score (nSPS) is 15.1. The summed E-state index contributed by atoms with van der Waals surface area (Å²) in [6.45, 7) is 10.6. The lowest BCUT2D eigenvalue weighted by Gasteiger charge is -2.16. The maximum absolute atomic E-state index is 12.5. The lowest BCUT2D eigenvalue weighted by Crippen LogP contribution is -2.03. The summed E-state index contributed by atoms with van der Waals surface area (Å²) < 4.78 is 5.75. The molecule has 1 aliphatic heterocycles. The summed E-state index contributed by atoms with van der Waals surface area (Å²) in [4.78, 5) is 12.5. The second kappa shape index (κ2) is 5.13. The van der Waals surface area contributed by atoms with Gasteiger partial charge in [0.25, 0.3) is 0 Å². The number of Topliss-reactive ketones (excluding diaryl/α,β-unsaturated/α-hetero) is 1. The zero-order chi connectivity index (χ0) is 16.0. The molecule has 0 unspecified atom stereocenters. The summed E-state index contributed by atoms with van der Waals surface area (Å²) in [6.07, 6.45) is 1.90. The first-order chi connectivity index (χ1) is 10.4. The summed E-state index contributed by atoms with van der Waals surface area (Å²) in [5.74, 6) is 1.02. The van der Waals surface area contributed by atoms with Crippen molar-refractivity contribution < 1.29 is 9.53 Å². The van der Waals surface area contributed by atoms with Crippen molar-refractivity contribution in [2.24, 2.45) is 0 Å². The van der Waals surface area contributed by atoms with Crippen LogP contribution >= 0.6 is 0 Å². The predicted octanol–water partition coefficient (Wildman–Crippen LogP) is 4.84. The fourth-order valence-electron chi connectivity index (χ4n) is 3.01. The Hall–Kier alpha value is -2.35.